The SMILES string of the molecule is CCC(CN(CC)c1ccccc1C)NC. The Morgan fingerprint density at radius 3 is 2.44 bits per heavy atom. The maximum absolute atomic E-state index is 3.36. The van der Waals surface area contributed by atoms with Crippen LogP contribution in [0.5, 0.6) is 0 Å². The van der Waals surface area contributed by atoms with Crippen LogP contribution in [0.2, 0.25) is 0 Å². The lowest BCUT2D eigenvalue weighted by Crippen LogP contribution is -2.39. The third-order valence-electron chi connectivity index (χ3n) is 3.18. The molecule has 0 amide bonds. The molecule has 1 rings (SSSR count). The Balaban J connectivity index is 2.78. The van der Waals surface area contributed by atoms with Crippen molar-refractivity contribution in [2.75, 3.05) is 25.0 Å². The Labute approximate surface area is 99.7 Å². The molecule has 2 heteroatoms. The van der Waals surface area contributed by atoms with Gasteiger partial charge in [-0.2, -0.15) is 0 Å². The van der Waals surface area contributed by atoms with Crippen LogP contribution in [0.1, 0.15) is 25.8 Å². The number of hydrogen-bond donors (Lipinski definition) is 1. The quantitative estimate of drug-likeness (QED) is 0.793. The van der Waals surface area contributed by atoms with Crippen molar-refractivity contribution in [1.82, 2.24) is 5.32 Å². The number of likely N-dealkylation sites (N-methyl/N-ethyl adjacent to an activating group) is 2. The predicted octanol–water partition coefficient (Wildman–Crippen LogP) is 2.82. The van der Waals surface area contributed by atoms with Gasteiger partial charge < -0.3 is 10.2 Å². The topological polar surface area (TPSA) is 15.3 Å². The third kappa shape index (κ3) is 3.24. The van der Waals surface area contributed by atoms with Crippen molar-refractivity contribution < 1.29 is 0 Å². The summed E-state index contributed by atoms with van der Waals surface area (Å²) in [5, 5.41) is 3.36. The molecule has 0 aliphatic heterocycles. The maximum atomic E-state index is 3.36. The average Bonchev–Trinajstić information content (AvgIpc) is 2.32. The lowest BCUT2D eigenvalue weighted by Gasteiger charge is -2.29. The maximum Gasteiger partial charge on any atom is 0.0396 e. The molecule has 0 saturated heterocycles. The fourth-order valence-electron chi connectivity index (χ4n) is 2.01. The summed E-state index contributed by atoms with van der Waals surface area (Å²) in [7, 11) is 2.04. The first-order valence-corrected chi connectivity index (χ1v) is 6.20. The number of nitrogens with one attached hydrogen (secondary N) is 1. The molecule has 0 aliphatic carbocycles. The Morgan fingerprint density at radius 1 is 1.25 bits per heavy atom. The normalized spacial score (nSPS) is 12.5. The van der Waals surface area contributed by atoms with Gasteiger partial charge in [-0.25, -0.2) is 0 Å². The number of aryl methyl sites for hydroxylation is 1. The van der Waals surface area contributed by atoms with E-state index >= 15 is 0 Å². The molecular formula is C14H24N2. The van der Waals surface area contributed by atoms with Gasteiger partial charge in [0.15, 0.2) is 0 Å². The molecule has 0 heterocycles. The molecule has 1 aromatic rings. The molecule has 0 aromatic heterocycles. The molecule has 0 bridgehead atoms. The average molecular weight is 220 g/mol. The zero-order valence-electron chi connectivity index (χ0n) is 11.0. The number of anilines is 1. The van der Waals surface area contributed by atoms with Crippen LogP contribution in [0.15, 0.2) is 24.3 Å². The summed E-state index contributed by atoms with van der Waals surface area (Å²) in [6, 6.07) is 9.17. The molecule has 1 N–H and O–H groups in total. The monoisotopic (exact) mass is 220 g/mol. The summed E-state index contributed by atoms with van der Waals surface area (Å²) in [6.07, 6.45) is 1.17. The molecule has 0 radical (unpaired) electrons. The standard InChI is InChI=1S/C14H24N2/c1-5-13(15-4)11-16(6-2)14-10-8-7-9-12(14)3/h7-10,13,15H,5-6,11H2,1-4H3. The summed E-state index contributed by atoms with van der Waals surface area (Å²) in [6.45, 7) is 8.76. The van der Waals surface area contributed by atoms with Crippen LogP contribution < -0.4 is 10.2 Å². The summed E-state index contributed by atoms with van der Waals surface area (Å²) in [4.78, 5) is 2.44. The van der Waals surface area contributed by atoms with Gasteiger partial charge in [0.2, 0.25) is 0 Å². The van der Waals surface area contributed by atoms with Gasteiger partial charge in [-0.15, -0.1) is 0 Å². The third-order valence-corrected chi connectivity index (χ3v) is 3.18. The zero-order valence-corrected chi connectivity index (χ0v) is 11.0. The smallest absolute Gasteiger partial charge is 0.0396 e. The molecule has 1 atom stereocenters. The van der Waals surface area contributed by atoms with Crippen LogP contribution in [-0.2, 0) is 0 Å². The van der Waals surface area contributed by atoms with Gasteiger partial charge in [0.1, 0.15) is 0 Å². The van der Waals surface area contributed by atoms with Crippen molar-refractivity contribution in [1.29, 1.82) is 0 Å². The number of rotatable bonds is 6. The lowest BCUT2D eigenvalue weighted by molar-refractivity contribution is 0.534. The second-order valence-corrected chi connectivity index (χ2v) is 4.22. The highest BCUT2D eigenvalue weighted by Gasteiger charge is 2.11. The van der Waals surface area contributed by atoms with Crippen molar-refractivity contribution in [3.05, 3.63) is 29.8 Å². The second-order valence-electron chi connectivity index (χ2n) is 4.22. The van der Waals surface area contributed by atoms with E-state index in [1.54, 1.807) is 0 Å². The molecule has 1 aromatic carbocycles. The molecule has 1 unspecified atom stereocenters. The number of para-hydroxylation sites is 1. The van der Waals surface area contributed by atoms with Gasteiger partial charge in [0, 0.05) is 24.8 Å². The van der Waals surface area contributed by atoms with Gasteiger partial charge in [-0.3, -0.25) is 0 Å². The molecule has 0 fully saturated rings. The summed E-state index contributed by atoms with van der Waals surface area (Å²) >= 11 is 0. The van der Waals surface area contributed by atoms with E-state index in [0.717, 1.165) is 13.1 Å². The minimum atomic E-state index is 0.569. The van der Waals surface area contributed by atoms with Gasteiger partial charge in [0.25, 0.3) is 0 Å². The van der Waals surface area contributed by atoms with Crippen LogP contribution in [0, 0.1) is 6.92 Å². The van der Waals surface area contributed by atoms with Crippen molar-refractivity contribution in [2.24, 2.45) is 0 Å². The number of benzene rings is 1. The Bertz CT molecular complexity index is 305. The van der Waals surface area contributed by atoms with E-state index in [-0.39, 0.29) is 0 Å². The van der Waals surface area contributed by atoms with Crippen LogP contribution in [-0.4, -0.2) is 26.2 Å². The van der Waals surface area contributed by atoms with Crippen molar-refractivity contribution >= 4 is 5.69 Å². The van der Waals surface area contributed by atoms with Crippen molar-refractivity contribution in [2.45, 2.75) is 33.2 Å². The van der Waals surface area contributed by atoms with E-state index in [0.29, 0.717) is 6.04 Å². The fraction of sp³-hybridized carbons (Fsp3) is 0.571. The largest absolute Gasteiger partial charge is 0.370 e. The van der Waals surface area contributed by atoms with Crippen molar-refractivity contribution in [3.63, 3.8) is 0 Å². The van der Waals surface area contributed by atoms with Gasteiger partial charge >= 0.3 is 0 Å². The van der Waals surface area contributed by atoms with E-state index in [9.17, 15) is 0 Å². The Morgan fingerprint density at radius 2 is 1.94 bits per heavy atom. The first-order chi connectivity index (χ1) is 7.72. The Hall–Kier alpha value is -1.02. The highest BCUT2D eigenvalue weighted by molar-refractivity contribution is 5.52. The fourth-order valence-corrected chi connectivity index (χ4v) is 2.01. The van der Waals surface area contributed by atoms with Crippen LogP contribution in [0.4, 0.5) is 5.69 Å². The minimum Gasteiger partial charge on any atom is -0.370 e. The first kappa shape index (κ1) is 13.0. The predicted molar refractivity (Wildman–Crippen MR) is 72.2 cm³/mol. The van der Waals surface area contributed by atoms with E-state index in [1.165, 1.54) is 17.7 Å². The highest BCUT2D eigenvalue weighted by Crippen LogP contribution is 2.19. The van der Waals surface area contributed by atoms with Gasteiger partial charge in [-0.05, 0) is 38.9 Å². The Kier molecular flexibility index (Phi) is 5.33. The van der Waals surface area contributed by atoms with E-state index in [2.05, 4.69) is 55.3 Å². The molecule has 0 aliphatic rings. The van der Waals surface area contributed by atoms with Crippen LogP contribution in [0.25, 0.3) is 0 Å². The molecular weight excluding hydrogens is 196 g/mol. The lowest BCUT2D eigenvalue weighted by atomic mass is 10.1. The van der Waals surface area contributed by atoms with Crippen LogP contribution >= 0.6 is 0 Å². The molecule has 0 spiro atoms. The van der Waals surface area contributed by atoms with Crippen molar-refractivity contribution in [3.8, 4) is 0 Å². The molecule has 16 heavy (non-hydrogen) atoms. The van der Waals surface area contributed by atoms with E-state index < -0.39 is 0 Å². The number of nitrogens with zero attached hydrogens (tertiary/aromatic N) is 1. The summed E-state index contributed by atoms with van der Waals surface area (Å²) in [5.74, 6) is 0. The van der Waals surface area contributed by atoms with Gasteiger partial charge in [-0.1, -0.05) is 25.1 Å². The highest BCUT2D eigenvalue weighted by atomic mass is 15.1. The van der Waals surface area contributed by atoms with E-state index in [4.69, 9.17) is 0 Å². The summed E-state index contributed by atoms with van der Waals surface area (Å²) < 4.78 is 0. The van der Waals surface area contributed by atoms with E-state index in [1.807, 2.05) is 7.05 Å². The zero-order chi connectivity index (χ0) is 12.0. The minimum absolute atomic E-state index is 0.569. The summed E-state index contributed by atoms with van der Waals surface area (Å²) in [5.41, 5.74) is 2.72. The molecule has 90 valence electrons. The first-order valence-electron chi connectivity index (χ1n) is 6.20. The second kappa shape index (κ2) is 6.54. The molecule has 0 saturated carbocycles. The van der Waals surface area contributed by atoms with Crippen LogP contribution in [0.3, 0.4) is 0 Å². The van der Waals surface area contributed by atoms with Gasteiger partial charge in [0.05, 0.1) is 0 Å². The molecule has 2 nitrogen and oxygen atoms in total. The number of hydrogen-bond acceptors (Lipinski definition) is 2.